The lowest BCUT2D eigenvalue weighted by Crippen LogP contribution is -2.25. The fraction of sp³-hybridized carbons (Fsp3) is 0.778. The van der Waals surface area contributed by atoms with E-state index in [-0.39, 0.29) is 18.1 Å². The average Bonchev–Trinajstić information content (AvgIpc) is 1.83. The quantitative estimate of drug-likeness (QED) is 0.558. The first-order chi connectivity index (χ1) is 5.03. The Kier molecular flexibility index (Phi) is 2.35. The van der Waals surface area contributed by atoms with Crippen molar-refractivity contribution in [3.8, 4) is 0 Å². The molecule has 0 aromatic rings. The van der Waals surface area contributed by atoms with Crippen LogP contribution in [0.25, 0.3) is 0 Å². The van der Waals surface area contributed by atoms with E-state index < -0.39 is 0 Å². The van der Waals surface area contributed by atoms with Crippen LogP contribution in [0.5, 0.6) is 0 Å². The van der Waals surface area contributed by atoms with Gasteiger partial charge in [-0.2, -0.15) is 0 Å². The van der Waals surface area contributed by atoms with E-state index in [4.69, 9.17) is 5.11 Å². The Labute approximate surface area is 67.6 Å². The van der Waals surface area contributed by atoms with E-state index in [9.17, 15) is 5.11 Å². The van der Waals surface area contributed by atoms with Crippen LogP contribution in [0.15, 0.2) is 11.6 Å². The smallest absolute Gasteiger partial charge is 0.0729 e. The number of aliphatic hydroxyl groups excluding tert-OH is 2. The molecule has 0 aromatic heterocycles. The summed E-state index contributed by atoms with van der Waals surface area (Å²) in [5.74, 6) is 0. The van der Waals surface area contributed by atoms with Crippen LogP contribution in [0.1, 0.15) is 26.7 Å². The van der Waals surface area contributed by atoms with E-state index >= 15 is 0 Å². The molecule has 0 aliphatic heterocycles. The van der Waals surface area contributed by atoms with Crippen LogP contribution >= 0.6 is 0 Å². The van der Waals surface area contributed by atoms with Crippen LogP contribution in [0, 0.1) is 5.41 Å². The highest BCUT2D eigenvalue weighted by Crippen LogP contribution is 2.34. The summed E-state index contributed by atoms with van der Waals surface area (Å²) >= 11 is 0. The van der Waals surface area contributed by atoms with Crippen molar-refractivity contribution < 1.29 is 10.2 Å². The predicted molar refractivity (Wildman–Crippen MR) is 44.2 cm³/mol. The van der Waals surface area contributed by atoms with Crippen molar-refractivity contribution in [2.75, 3.05) is 6.61 Å². The molecule has 2 N–H and O–H groups in total. The van der Waals surface area contributed by atoms with Crippen molar-refractivity contribution in [2.45, 2.75) is 32.8 Å². The van der Waals surface area contributed by atoms with E-state index in [1.54, 1.807) is 6.08 Å². The number of hydrogen-bond acceptors (Lipinski definition) is 2. The second-order valence-electron chi connectivity index (χ2n) is 4.10. The van der Waals surface area contributed by atoms with Crippen molar-refractivity contribution >= 4 is 0 Å². The molecule has 1 aliphatic carbocycles. The van der Waals surface area contributed by atoms with Gasteiger partial charge in [-0.25, -0.2) is 0 Å². The predicted octanol–water partition coefficient (Wildman–Crippen LogP) is 1.09. The van der Waals surface area contributed by atoms with Gasteiger partial charge in [-0.1, -0.05) is 19.9 Å². The van der Waals surface area contributed by atoms with Gasteiger partial charge in [0, 0.05) is 0 Å². The maximum absolute atomic E-state index is 9.36. The van der Waals surface area contributed by atoms with Crippen molar-refractivity contribution in [1.82, 2.24) is 0 Å². The van der Waals surface area contributed by atoms with Crippen molar-refractivity contribution in [2.24, 2.45) is 5.41 Å². The molecule has 2 heteroatoms. The van der Waals surface area contributed by atoms with E-state index in [0.717, 1.165) is 18.4 Å². The first kappa shape index (κ1) is 8.75. The highest BCUT2D eigenvalue weighted by atomic mass is 16.3. The molecule has 0 radical (unpaired) electrons. The third-order valence-electron chi connectivity index (χ3n) is 2.10. The minimum Gasteiger partial charge on any atom is -0.392 e. The molecule has 1 atom stereocenters. The summed E-state index contributed by atoms with van der Waals surface area (Å²) in [6, 6.07) is 0. The Hall–Kier alpha value is -0.340. The van der Waals surface area contributed by atoms with Crippen LogP contribution < -0.4 is 0 Å². The minimum atomic E-state index is -0.360. The Bertz CT molecular complexity index is 170. The highest BCUT2D eigenvalue weighted by molar-refractivity contribution is 5.12. The van der Waals surface area contributed by atoms with Crippen LogP contribution in [0.3, 0.4) is 0 Å². The molecule has 0 spiro atoms. The molecule has 0 fully saturated rings. The Morgan fingerprint density at radius 1 is 1.64 bits per heavy atom. The Morgan fingerprint density at radius 3 is 2.73 bits per heavy atom. The normalized spacial score (nSPS) is 29.8. The first-order valence-electron chi connectivity index (χ1n) is 4.02. The highest BCUT2D eigenvalue weighted by Gasteiger charge is 2.26. The van der Waals surface area contributed by atoms with Gasteiger partial charge in [-0.3, -0.25) is 0 Å². The molecular weight excluding hydrogens is 140 g/mol. The third kappa shape index (κ3) is 2.31. The zero-order chi connectivity index (χ0) is 8.48. The summed E-state index contributed by atoms with van der Waals surface area (Å²) in [7, 11) is 0. The lowest BCUT2D eigenvalue weighted by molar-refractivity contribution is 0.133. The monoisotopic (exact) mass is 156 g/mol. The molecular formula is C9H16O2. The molecule has 1 aliphatic rings. The molecule has 0 aromatic carbocycles. The Morgan fingerprint density at radius 2 is 2.27 bits per heavy atom. The lowest BCUT2D eigenvalue weighted by Gasteiger charge is -2.31. The standard InChI is InChI=1S/C9H16O2/c1-9(2)4-7(6-10)3-8(11)5-9/h3,8,10-11H,4-6H2,1-2H3. The molecule has 64 valence electrons. The van der Waals surface area contributed by atoms with Crippen molar-refractivity contribution in [3.63, 3.8) is 0 Å². The lowest BCUT2D eigenvalue weighted by atomic mass is 9.76. The van der Waals surface area contributed by atoms with Gasteiger partial charge in [0.15, 0.2) is 0 Å². The molecule has 2 nitrogen and oxygen atoms in total. The number of hydrogen-bond donors (Lipinski definition) is 2. The van der Waals surface area contributed by atoms with Gasteiger partial charge in [0.2, 0.25) is 0 Å². The molecule has 0 saturated heterocycles. The van der Waals surface area contributed by atoms with Crippen LogP contribution in [0.4, 0.5) is 0 Å². The van der Waals surface area contributed by atoms with Gasteiger partial charge in [0.1, 0.15) is 0 Å². The summed E-state index contributed by atoms with van der Waals surface area (Å²) in [4.78, 5) is 0. The van der Waals surface area contributed by atoms with E-state index in [2.05, 4.69) is 13.8 Å². The van der Waals surface area contributed by atoms with E-state index in [1.807, 2.05) is 0 Å². The fourth-order valence-corrected chi connectivity index (χ4v) is 1.75. The molecule has 1 unspecified atom stereocenters. The van der Waals surface area contributed by atoms with Crippen LogP contribution in [-0.4, -0.2) is 22.9 Å². The fourth-order valence-electron chi connectivity index (χ4n) is 1.75. The van der Waals surface area contributed by atoms with Crippen LogP contribution in [-0.2, 0) is 0 Å². The van der Waals surface area contributed by atoms with Gasteiger partial charge >= 0.3 is 0 Å². The van der Waals surface area contributed by atoms with Crippen molar-refractivity contribution in [1.29, 1.82) is 0 Å². The van der Waals surface area contributed by atoms with E-state index in [0.29, 0.717) is 0 Å². The van der Waals surface area contributed by atoms with Gasteiger partial charge in [0.05, 0.1) is 12.7 Å². The second kappa shape index (κ2) is 2.95. The van der Waals surface area contributed by atoms with E-state index in [1.165, 1.54) is 0 Å². The second-order valence-corrected chi connectivity index (χ2v) is 4.10. The maximum Gasteiger partial charge on any atom is 0.0729 e. The SMILES string of the molecule is CC1(C)CC(CO)=CC(O)C1. The number of rotatable bonds is 1. The molecule has 0 amide bonds. The molecule has 1 rings (SSSR count). The van der Waals surface area contributed by atoms with Gasteiger partial charge in [-0.05, 0) is 23.8 Å². The summed E-state index contributed by atoms with van der Waals surface area (Å²) in [5.41, 5.74) is 1.11. The molecule has 0 heterocycles. The third-order valence-corrected chi connectivity index (χ3v) is 2.10. The van der Waals surface area contributed by atoms with Gasteiger partial charge < -0.3 is 10.2 Å². The zero-order valence-electron chi connectivity index (χ0n) is 7.17. The van der Waals surface area contributed by atoms with Crippen molar-refractivity contribution in [3.05, 3.63) is 11.6 Å². The molecule has 11 heavy (non-hydrogen) atoms. The summed E-state index contributed by atoms with van der Waals surface area (Å²) < 4.78 is 0. The molecule has 0 bridgehead atoms. The van der Waals surface area contributed by atoms with Gasteiger partial charge in [-0.15, -0.1) is 0 Å². The summed E-state index contributed by atoms with van der Waals surface area (Å²) in [5, 5.41) is 18.2. The van der Waals surface area contributed by atoms with Crippen LogP contribution in [0.2, 0.25) is 0 Å². The summed E-state index contributed by atoms with van der Waals surface area (Å²) in [6.45, 7) is 4.30. The van der Waals surface area contributed by atoms with Gasteiger partial charge in [0.25, 0.3) is 0 Å². The Balaban J connectivity index is 2.70. The molecule has 0 saturated carbocycles. The topological polar surface area (TPSA) is 40.5 Å². The largest absolute Gasteiger partial charge is 0.392 e. The number of aliphatic hydroxyl groups is 2. The minimum absolute atomic E-state index is 0.0838. The summed E-state index contributed by atoms with van der Waals surface area (Å²) in [6.07, 6.45) is 3.11. The maximum atomic E-state index is 9.36. The zero-order valence-corrected chi connectivity index (χ0v) is 7.17. The first-order valence-corrected chi connectivity index (χ1v) is 4.02. The average molecular weight is 156 g/mol.